The van der Waals surface area contributed by atoms with Gasteiger partial charge in [-0.05, 0) is 24.3 Å². The van der Waals surface area contributed by atoms with Gasteiger partial charge in [-0.1, -0.05) is 54.2 Å². The molecule has 0 radical (unpaired) electrons. The van der Waals surface area contributed by atoms with Crippen LogP contribution in [-0.4, -0.2) is 17.5 Å². The van der Waals surface area contributed by atoms with Gasteiger partial charge in [0.05, 0.1) is 10.5 Å². The number of hydrogen-bond donors (Lipinski definition) is 0. The Bertz CT molecular complexity index is 844. The molecule has 112 valence electrons. The van der Waals surface area contributed by atoms with Gasteiger partial charge in [-0.3, -0.25) is 0 Å². The van der Waals surface area contributed by atoms with Crippen LogP contribution in [0.2, 0.25) is 0 Å². The highest BCUT2D eigenvalue weighted by Gasteiger charge is 2.21. The topological polar surface area (TPSA) is 12.2 Å². The molecule has 1 aliphatic rings. The molecule has 3 aromatic rings. The van der Waals surface area contributed by atoms with Crippen LogP contribution in [0.25, 0.3) is 0 Å². The normalized spacial score (nSPS) is 13.0. The third-order valence-corrected chi connectivity index (χ3v) is 4.76. The van der Waals surface area contributed by atoms with Gasteiger partial charge in [0, 0.05) is 17.0 Å². The number of benzene rings is 3. The van der Waals surface area contributed by atoms with Crippen LogP contribution in [0.4, 0.5) is 5.69 Å². The summed E-state index contributed by atoms with van der Waals surface area (Å²) >= 11 is 1.74. The van der Waals surface area contributed by atoms with E-state index >= 15 is 0 Å². The first-order valence-corrected chi connectivity index (χ1v) is 8.37. The molecule has 3 heteroatoms. The Balaban J connectivity index is 1.69. The van der Waals surface area contributed by atoms with Crippen molar-refractivity contribution in [3.63, 3.8) is 0 Å². The summed E-state index contributed by atoms with van der Waals surface area (Å²) in [6.45, 7) is 0.531. The van der Waals surface area contributed by atoms with Gasteiger partial charge in [0.2, 0.25) is 5.69 Å². The Kier molecular flexibility index (Phi) is 3.86. The van der Waals surface area contributed by atoms with Crippen molar-refractivity contribution in [3.05, 3.63) is 84.4 Å². The van der Waals surface area contributed by atoms with E-state index in [1.807, 2.05) is 24.3 Å². The molecule has 0 bridgehead atoms. The lowest BCUT2D eigenvalue weighted by Crippen LogP contribution is -2.20. The van der Waals surface area contributed by atoms with Gasteiger partial charge >= 0.3 is 0 Å². The lowest BCUT2D eigenvalue weighted by molar-refractivity contribution is -0.476. The van der Waals surface area contributed by atoms with Crippen LogP contribution in [0.1, 0.15) is 5.56 Å². The molecule has 0 saturated carbocycles. The summed E-state index contributed by atoms with van der Waals surface area (Å²) in [7, 11) is 0. The highest BCUT2D eigenvalue weighted by molar-refractivity contribution is 7.99. The van der Waals surface area contributed by atoms with Crippen molar-refractivity contribution in [1.82, 2.24) is 0 Å². The molecule has 1 heterocycles. The van der Waals surface area contributed by atoms with E-state index in [2.05, 4.69) is 65.4 Å². The zero-order valence-corrected chi connectivity index (χ0v) is 13.4. The van der Waals surface area contributed by atoms with Crippen LogP contribution < -0.4 is 4.74 Å². The maximum Gasteiger partial charge on any atom is 0.292 e. The monoisotopic (exact) mass is 318 g/mol. The molecule has 3 aromatic carbocycles. The van der Waals surface area contributed by atoms with Crippen molar-refractivity contribution >= 4 is 23.7 Å². The van der Waals surface area contributed by atoms with Gasteiger partial charge in [-0.15, -0.1) is 0 Å². The van der Waals surface area contributed by atoms with E-state index in [0.29, 0.717) is 6.73 Å². The van der Waals surface area contributed by atoms with E-state index in [-0.39, 0.29) is 0 Å². The van der Waals surface area contributed by atoms with E-state index in [0.717, 1.165) is 21.9 Å². The van der Waals surface area contributed by atoms with Gasteiger partial charge < -0.3 is 4.74 Å². The molecule has 0 atom stereocenters. The number of rotatable bonds is 3. The maximum atomic E-state index is 6.07. The predicted molar refractivity (Wildman–Crippen MR) is 94.0 cm³/mol. The minimum Gasteiger partial charge on any atom is -0.434 e. The van der Waals surface area contributed by atoms with Crippen molar-refractivity contribution in [1.29, 1.82) is 0 Å². The van der Waals surface area contributed by atoms with Crippen LogP contribution in [0.5, 0.6) is 5.75 Å². The number of nitrogens with zero attached hydrogens (tertiary/aromatic N) is 1. The summed E-state index contributed by atoms with van der Waals surface area (Å²) < 4.78 is 8.19. The molecule has 2 nitrogen and oxygen atoms in total. The van der Waals surface area contributed by atoms with Crippen molar-refractivity contribution in [2.75, 3.05) is 6.73 Å². The first-order chi connectivity index (χ1) is 11.4. The van der Waals surface area contributed by atoms with E-state index < -0.39 is 0 Å². The third kappa shape index (κ3) is 3.01. The lowest BCUT2D eigenvalue weighted by atomic mass is 10.2. The molecule has 0 spiro atoms. The molecule has 0 saturated heterocycles. The largest absolute Gasteiger partial charge is 0.434 e. The van der Waals surface area contributed by atoms with Crippen LogP contribution in [0.3, 0.4) is 0 Å². The quantitative estimate of drug-likeness (QED) is 0.633. The first-order valence-electron chi connectivity index (χ1n) is 7.55. The van der Waals surface area contributed by atoms with Gasteiger partial charge in [-0.2, -0.15) is 4.58 Å². The molecule has 4 rings (SSSR count). The molecule has 23 heavy (non-hydrogen) atoms. The molecule has 1 aliphatic heterocycles. The van der Waals surface area contributed by atoms with Gasteiger partial charge in [0.1, 0.15) is 0 Å². The maximum absolute atomic E-state index is 6.07. The van der Waals surface area contributed by atoms with Crippen LogP contribution >= 0.6 is 11.8 Å². The van der Waals surface area contributed by atoms with Crippen LogP contribution in [0, 0.1) is 0 Å². The summed E-state index contributed by atoms with van der Waals surface area (Å²) in [5.41, 5.74) is 2.25. The van der Waals surface area contributed by atoms with Crippen molar-refractivity contribution < 1.29 is 9.31 Å². The number of ether oxygens (including phenoxy) is 1. The van der Waals surface area contributed by atoms with E-state index in [1.54, 1.807) is 11.8 Å². The highest BCUT2D eigenvalue weighted by Crippen LogP contribution is 2.37. The molecule has 0 fully saturated rings. The number of para-hydroxylation sites is 2. The van der Waals surface area contributed by atoms with Gasteiger partial charge in [-0.25, -0.2) is 0 Å². The minimum atomic E-state index is 0.531. The molecule has 0 unspecified atom stereocenters. The fourth-order valence-electron chi connectivity index (χ4n) is 2.59. The fraction of sp³-hybridized carbons (Fsp3) is 0.0500. The second kappa shape index (κ2) is 6.31. The molecule has 0 N–H and O–H groups in total. The number of hydrogen-bond acceptors (Lipinski definition) is 2. The predicted octanol–water partition coefficient (Wildman–Crippen LogP) is 4.95. The van der Waals surface area contributed by atoms with E-state index in [4.69, 9.17) is 4.74 Å². The Morgan fingerprint density at radius 2 is 1.52 bits per heavy atom. The Hall–Kier alpha value is -2.52. The van der Waals surface area contributed by atoms with Crippen LogP contribution in [-0.2, 0) is 0 Å². The third-order valence-electron chi connectivity index (χ3n) is 3.71. The second-order valence-electron chi connectivity index (χ2n) is 5.30. The standard InChI is InChI=1S/C20H16NOS/c1-3-9-17(10-4-1)21-14-16-8-7-13-19(20(16)22-15-21)23-18-11-5-2-6-12-18/h1-14H,15H2/q+1. The van der Waals surface area contributed by atoms with Gasteiger partial charge in [0.25, 0.3) is 6.73 Å². The van der Waals surface area contributed by atoms with E-state index in [1.165, 1.54) is 4.90 Å². The van der Waals surface area contributed by atoms with Crippen molar-refractivity contribution in [3.8, 4) is 5.75 Å². The molecule has 0 amide bonds. The zero-order chi connectivity index (χ0) is 15.5. The highest BCUT2D eigenvalue weighted by atomic mass is 32.2. The fourth-order valence-corrected chi connectivity index (χ4v) is 3.56. The summed E-state index contributed by atoms with van der Waals surface area (Å²) in [5.74, 6) is 0.966. The average Bonchev–Trinajstić information content (AvgIpc) is 2.63. The molecular formula is C20H16NOS+. The van der Waals surface area contributed by atoms with Crippen molar-refractivity contribution in [2.24, 2.45) is 0 Å². The second-order valence-corrected chi connectivity index (χ2v) is 6.41. The first kappa shape index (κ1) is 14.1. The Morgan fingerprint density at radius 1 is 0.783 bits per heavy atom. The SMILES string of the molecule is C1=[N+](c2ccccc2)COc2c1cccc2Sc1ccccc1. The Morgan fingerprint density at radius 3 is 2.30 bits per heavy atom. The smallest absolute Gasteiger partial charge is 0.292 e. The molecule has 0 aromatic heterocycles. The zero-order valence-electron chi connectivity index (χ0n) is 12.6. The Labute approximate surface area is 140 Å². The summed E-state index contributed by atoms with van der Waals surface area (Å²) in [6, 6.07) is 27.0. The lowest BCUT2D eigenvalue weighted by Gasteiger charge is -2.16. The minimum absolute atomic E-state index is 0.531. The summed E-state index contributed by atoms with van der Waals surface area (Å²) in [6.07, 6.45) is 2.16. The van der Waals surface area contributed by atoms with E-state index in [9.17, 15) is 0 Å². The van der Waals surface area contributed by atoms with Crippen molar-refractivity contribution in [2.45, 2.75) is 9.79 Å². The molecule has 0 aliphatic carbocycles. The molecular weight excluding hydrogens is 302 g/mol. The van der Waals surface area contributed by atoms with Gasteiger partial charge in [0.15, 0.2) is 12.0 Å². The van der Waals surface area contributed by atoms with Crippen LogP contribution in [0.15, 0.2) is 88.7 Å². The summed E-state index contributed by atoms with van der Waals surface area (Å²) in [5, 5.41) is 0. The average molecular weight is 318 g/mol. The number of fused-ring (bicyclic) bond motifs is 1. The summed E-state index contributed by atoms with van der Waals surface area (Å²) in [4.78, 5) is 2.37.